The largest absolute Gasteiger partial charge is 0.465 e. The number of esters is 1. The summed E-state index contributed by atoms with van der Waals surface area (Å²) in [5, 5.41) is 10.2. The Balaban J connectivity index is 1.80. The molecule has 4 aliphatic rings. The van der Waals surface area contributed by atoms with Gasteiger partial charge in [-0.1, -0.05) is 57.9 Å². The third kappa shape index (κ3) is 4.09. The van der Waals surface area contributed by atoms with E-state index in [2.05, 4.69) is 6.92 Å². The minimum absolute atomic E-state index is 0.0819. The highest BCUT2D eigenvalue weighted by Gasteiger charge is 2.72. The van der Waals surface area contributed by atoms with Gasteiger partial charge < -0.3 is 24.4 Å². The van der Waals surface area contributed by atoms with Crippen LogP contribution in [0.1, 0.15) is 52.9 Å². The monoisotopic (exact) mass is 474 g/mol. The minimum Gasteiger partial charge on any atom is -0.465 e. The number of cyclic esters (lactones) is 1. The first-order valence-corrected chi connectivity index (χ1v) is 12.8. The predicted molar refractivity (Wildman–Crippen MR) is 126 cm³/mol. The number of aliphatic hydroxyl groups is 1. The number of allylic oxidation sites excluding steroid dienone is 1. The summed E-state index contributed by atoms with van der Waals surface area (Å²) in [6.45, 7) is 7.00. The number of aliphatic hydroxyl groups excluding tert-OH is 1. The van der Waals surface area contributed by atoms with Crippen LogP contribution in [0.3, 0.4) is 0 Å². The van der Waals surface area contributed by atoms with Crippen molar-refractivity contribution in [2.45, 2.75) is 76.7 Å². The van der Waals surface area contributed by atoms with Crippen molar-refractivity contribution < 1.29 is 29.0 Å². The lowest BCUT2D eigenvalue weighted by Gasteiger charge is -2.39. The van der Waals surface area contributed by atoms with Gasteiger partial charge in [0.05, 0.1) is 31.3 Å². The maximum atomic E-state index is 14.1. The molecule has 34 heavy (non-hydrogen) atoms. The number of nitrogens with zero attached hydrogens (tertiary/aromatic N) is 2. The third-order valence-electron chi connectivity index (χ3n) is 7.72. The van der Waals surface area contributed by atoms with Crippen LogP contribution in [0, 0.1) is 17.8 Å². The molecule has 0 aromatic heterocycles. The van der Waals surface area contributed by atoms with Crippen molar-refractivity contribution in [2.75, 3.05) is 26.3 Å². The Morgan fingerprint density at radius 1 is 1.18 bits per heavy atom. The quantitative estimate of drug-likeness (QED) is 0.345. The molecule has 2 amide bonds. The molecule has 0 aromatic carbocycles. The van der Waals surface area contributed by atoms with Crippen LogP contribution in [0.4, 0.5) is 0 Å². The number of hydrogen-bond acceptors (Lipinski definition) is 6. The fourth-order valence-corrected chi connectivity index (χ4v) is 5.97. The zero-order valence-electron chi connectivity index (χ0n) is 20.5. The Labute approximate surface area is 201 Å². The van der Waals surface area contributed by atoms with E-state index >= 15 is 0 Å². The van der Waals surface area contributed by atoms with Gasteiger partial charge in [-0.3, -0.25) is 14.4 Å². The van der Waals surface area contributed by atoms with Gasteiger partial charge in [-0.2, -0.15) is 0 Å². The van der Waals surface area contributed by atoms with Crippen molar-refractivity contribution in [2.24, 2.45) is 17.8 Å². The molecular formula is C26H38N2O6. The fourth-order valence-electron chi connectivity index (χ4n) is 5.97. The Morgan fingerprint density at radius 2 is 1.97 bits per heavy atom. The van der Waals surface area contributed by atoms with E-state index in [1.54, 1.807) is 4.90 Å². The molecular weight excluding hydrogens is 436 g/mol. The lowest BCUT2D eigenvalue weighted by atomic mass is 9.78. The van der Waals surface area contributed by atoms with Crippen LogP contribution in [-0.4, -0.2) is 82.8 Å². The third-order valence-corrected chi connectivity index (χ3v) is 7.72. The molecule has 2 saturated heterocycles. The molecule has 4 aliphatic heterocycles. The summed E-state index contributed by atoms with van der Waals surface area (Å²) in [7, 11) is 0. The molecule has 0 saturated carbocycles. The lowest BCUT2D eigenvalue weighted by Crippen LogP contribution is -2.59. The minimum atomic E-state index is -1.27. The number of carbonyl (C=O) groups excluding carboxylic acids is 3. The van der Waals surface area contributed by atoms with Gasteiger partial charge in [0, 0.05) is 13.1 Å². The van der Waals surface area contributed by atoms with Crippen molar-refractivity contribution in [3.05, 3.63) is 24.3 Å². The number of likely N-dealkylation sites (tertiary alicyclic amines) is 1. The summed E-state index contributed by atoms with van der Waals surface area (Å²) >= 11 is 0. The molecule has 8 nitrogen and oxygen atoms in total. The summed E-state index contributed by atoms with van der Waals surface area (Å²) in [4.78, 5) is 44.6. The highest BCUT2D eigenvalue weighted by Crippen LogP contribution is 2.54. The summed E-state index contributed by atoms with van der Waals surface area (Å²) < 4.78 is 12.1. The van der Waals surface area contributed by atoms with Crippen molar-refractivity contribution in [3.8, 4) is 0 Å². The summed E-state index contributed by atoms with van der Waals surface area (Å²) in [5.41, 5.74) is -1.27. The molecule has 0 radical (unpaired) electrons. The highest BCUT2D eigenvalue weighted by atomic mass is 16.6. The first kappa shape index (κ1) is 24.9. The average Bonchev–Trinajstić information content (AvgIpc) is 3.21. The van der Waals surface area contributed by atoms with Crippen molar-refractivity contribution >= 4 is 17.8 Å². The highest BCUT2D eigenvalue weighted by molar-refractivity contribution is 5.99. The lowest BCUT2D eigenvalue weighted by molar-refractivity contribution is -0.156. The Bertz CT molecular complexity index is 854. The molecule has 4 rings (SSSR count). The summed E-state index contributed by atoms with van der Waals surface area (Å²) in [6, 6.07) is -1.49. The molecule has 0 aromatic rings. The molecule has 1 N–H and O–H groups in total. The van der Waals surface area contributed by atoms with E-state index in [0.717, 1.165) is 25.7 Å². The zero-order chi connectivity index (χ0) is 24.5. The van der Waals surface area contributed by atoms with E-state index in [1.807, 2.05) is 38.2 Å². The van der Waals surface area contributed by atoms with Crippen LogP contribution in [0.25, 0.3) is 0 Å². The first-order valence-electron chi connectivity index (χ1n) is 12.8. The van der Waals surface area contributed by atoms with Crippen LogP contribution < -0.4 is 0 Å². The molecule has 0 bridgehead atoms. The number of amides is 2. The zero-order valence-corrected chi connectivity index (χ0v) is 20.5. The Hall–Kier alpha value is -2.19. The van der Waals surface area contributed by atoms with E-state index in [9.17, 15) is 19.5 Å². The number of unbranched alkanes of at least 4 members (excludes halogenated alkanes) is 2. The Morgan fingerprint density at radius 3 is 2.68 bits per heavy atom. The molecule has 188 valence electrons. The molecule has 6 atom stereocenters. The van der Waals surface area contributed by atoms with Crippen molar-refractivity contribution in [1.82, 2.24) is 9.80 Å². The second-order valence-electron chi connectivity index (χ2n) is 10.2. The van der Waals surface area contributed by atoms with E-state index in [-0.39, 0.29) is 24.3 Å². The van der Waals surface area contributed by atoms with E-state index in [4.69, 9.17) is 9.47 Å². The van der Waals surface area contributed by atoms with Gasteiger partial charge in [0.2, 0.25) is 11.8 Å². The predicted octanol–water partition coefficient (Wildman–Crippen LogP) is 2.07. The first-order chi connectivity index (χ1) is 16.4. The van der Waals surface area contributed by atoms with E-state index in [1.165, 1.54) is 4.90 Å². The van der Waals surface area contributed by atoms with Crippen LogP contribution in [-0.2, 0) is 23.9 Å². The van der Waals surface area contributed by atoms with Crippen LogP contribution in [0.5, 0.6) is 0 Å². The maximum absolute atomic E-state index is 14.1. The smallest absolute Gasteiger partial charge is 0.312 e. The molecule has 1 unspecified atom stereocenters. The second kappa shape index (κ2) is 10.2. The van der Waals surface area contributed by atoms with Crippen LogP contribution in [0.2, 0.25) is 0 Å². The van der Waals surface area contributed by atoms with Gasteiger partial charge in [-0.15, -0.1) is 0 Å². The van der Waals surface area contributed by atoms with Crippen LogP contribution >= 0.6 is 0 Å². The standard InChI is InChI=1S/C26H38N2O6/c1-4-5-8-13-27-14-10-12-26-21(20-19(34-26)11-7-6-9-15-33-25(20)32)23(30)28(22(26)24(27)31)18(16-29)17(2)3/h7,10-12,17-22,29H,4-6,8-9,13-16H2,1-3H3/b11-7-/t18-,19-,20+,21-,22?,26-/m0/s1. The molecule has 1 spiro atoms. The SMILES string of the molecule is CCCCCN1CC=C[C@]23O[C@H]4/C=C\CCCOC(=O)[C@H]4[C@H]2C(=O)N([C@@H](CO)C(C)C)C3C1=O. The van der Waals surface area contributed by atoms with Crippen molar-refractivity contribution in [3.63, 3.8) is 0 Å². The van der Waals surface area contributed by atoms with Gasteiger partial charge in [0.15, 0.2) is 0 Å². The molecule has 8 heteroatoms. The second-order valence-corrected chi connectivity index (χ2v) is 10.2. The number of carbonyl (C=O) groups is 3. The molecule has 4 heterocycles. The number of hydrogen-bond donors (Lipinski definition) is 1. The van der Waals surface area contributed by atoms with E-state index in [0.29, 0.717) is 26.1 Å². The van der Waals surface area contributed by atoms with E-state index < -0.39 is 41.6 Å². The normalized spacial score (nSPS) is 35.1. The maximum Gasteiger partial charge on any atom is 0.312 e. The number of rotatable bonds is 7. The van der Waals surface area contributed by atoms with Gasteiger partial charge in [0.25, 0.3) is 0 Å². The molecule has 0 aliphatic carbocycles. The molecule has 2 fully saturated rings. The summed E-state index contributed by atoms with van der Waals surface area (Å²) in [6.07, 6.45) is 11.3. The average molecular weight is 475 g/mol. The Kier molecular flexibility index (Phi) is 7.48. The van der Waals surface area contributed by atoms with Gasteiger partial charge in [-0.25, -0.2) is 0 Å². The van der Waals surface area contributed by atoms with Gasteiger partial charge >= 0.3 is 5.97 Å². The van der Waals surface area contributed by atoms with Crippen LogP contribution in [0.15, 0.2) is 24.3 Å². The van der Waals surface area contributed by atoms with Gasteiger partial charge in [-0.05, 0) is 25.2 Å². The number of fused-ring (bicyclic) bond motifs is 2. The number of ether oxygens (including phenoxy) is 2. The summed E-state index contributed by atoms with van der Waals surface area (Å²) in [5.74, 6) is -2.74. The van der Waals surface area contributed by atoms with Crippen molar-refractivity contribution in [1.29, 1.82) is 0 Å². The van der Waals surface area contributed by atoms with Gasteiger partial charge in [0.1, 0.15) is 17.6 Å². The fraction of sp³-hybridized carbons (Fsp3) is 0.731. The topological polar surface area (TPSA) is 96.4 Å².